The zero-order valence-corrected chi connectivity index (χ0v) is 17.5. The first-order valence-corrected chi connectivity index (χ1v) is 10.3. The molecule has 0 saturated heterocycles. The van der Waals surface area contributed by atoms with Gasteiger partial charge in [-0.3, -0.25) is 4.79 Å². The van der Waals surface area contributed by atoms with E-state index in [-0.39, 0.29) is 6.42 Å². The third-order valence-electron chi connectivity index (χ3n) is 4.91. The summed E-state index contributed by atoms with van der Waals surface area (Å²) in [6, 6.07) is 28.9. The molecule has 4 aromatic rings. The van der Waals surface area contributed by atoms with Crippen molar-refractivity contribution in [2.45, 2.75) is 19.6 Å². The Morgan fingerprint density at radius 2 is 1.41 bits per heavy atom. The lowest BCUT2D eigenvalue weighted by atomic mass is 10.0. The normalized spacial score (nSPS) is 10.5. The number of benzene rings is 3. The van der Waals surface area contributed by atoms with Crippen LogP contribution in [0.15, 0.2) is 97.2 Å². The molecule has 0 spiro atoms. The van der Waals surface area contributed by atoms with Gasteiger partial charge in [-0.25, -0.2) is 4.98 Å². The third-order valence-corrected chi connectivity index (χ3v) is 4.91. The fraction of sp³-hybridized carbons (Fsp3) is 0.111. The van der Waals surface area contributed by atoms with Crippen LogP contribution in [0.25, 0.3) is 11.1 Å². The maximum Gasteiger partial charge on any atom is 0.307 e. The lowest BCUT2D eigenvalue weighted by Gasteiger charge is -2.14. The molecule has 5 heteroatoms. The fourth-order valence-corrected chi connectivity index (χ4v) is 3.31. The van der Waals surface area contributed by atoms with Crippen LogP contribution in [-0.4, -0.2) is 16.1 Å². The summed E-state index contributed by atoms with van der Waals surface area (Å²) in [5, 5.41) is 9.18. The van der Waals surface area contributed by atoms with Gasteiger partial charge in [0.2, 0.25) is 5.88 Å². The number of hydrogen-bond acceptors (Lipinski definition) is 4. The van der Waals surface area contributed by atoms with Gasteiger partial charge < -0.3 is 14.6 Å². The highest BCUT2D eigenvalue weighted by molar-refractivity contribution is 5.74. The summed E-state index contributed by atoms with van der Waals surface area (Å²) in [7, 11) is 0. The molecular weight excluding hydrogens is 402 g/mol. The Balaban J connectivity index is 1.54. The van der Waals surface area contributed by atoms with E-state index < -0.39 is 5.97 Å². The highest BCUT2D eigenvalue weighted by atomic mass is 16.5. The van der Waals surface area contributed by atoms with Crippen LogP contribution in [0.4, 0.5) is 0 Å². The number of ether oxygens (including phenoxy) is 2. The van der Waals surface area contributed by atoms with Crippen LogP contribution in [0.1, 0.15) is 16.7 Å². The molecule has 1 aromatic heterocycles. The zero-order chi connectivity index (χ0) is 22.2. The van der Waals surface area contributed by atoms with Gasteiger partial charge in [0.1, 0.15) is 19.0 Å². The largest absolute Gasteiger partial charge is 0.488 e. The lowest BCUT2D eigenvalue weighted by Crippen LogP contribution is -2.02. The van der Waals surface area contributed by atoms with Crippen molar-refractivity contribution in [1.29, 1.82) is 0 Å². The summed E-state index contributed by atoms with van der Waals surface area (Å²) in [6.07, 6.45) is 1.66. The summed E-state index contributed by atoms with van der Waals surface area (Å²) < 4.78 is 11.8. The van der Waals surface area contributed by atoms with Crippen LogP contribution < -0.4 is 9.47 Å². The highest BCUT2D eigenvalue weighted by Crippen LogP contribution is 2.32. The number of aromatic nitrogens is 1. The summed E-state index contributed by atoms with van der Waals surface area (Å²) in [4.78, 5) is 15.6. The van der Waals surface area contributed by atoms with E-state index in [4.69, 9.17) is 9.47 Å². The van der Waals surface area contributed by atoms with E-state index in [1.54, 1.807) is 12.3 Å². The molecule has 0 amide bonds. The highest BCUT2D eigenvalue weighted by Gasteiger charge is 2.11. The maximum absolute atomic E-state index is 11.2. The Labute approximate surface area is 186 Å². The molecule has 0 unspecified atom stereocenters. The minimum Gasteiger partial charge on any atom is -0.488 e. The van der Waals surface area contributed by atoms with Crippen molar-refractivity contribution >= 4 is 5.97 Å². The van der Waals surface area contributed by atoms with Crippen LogP contribution in [-0.2, 0) is 24.4 Å². The van der Waals surface area contributed by atoms with Crippen molar-refractivity contribution in [3.63, 3.8) is 0 Å². The van der Waals surface area contributed by atoms with Crippen LogP contribution in [0, 0.1) is 0 Å². The Hall–Kier alpha value is -4.12. The molecule has 3 aromatic carbocycles. The maximum atomic E-state index is 11.2. The number of rotatable bonds is 9. The third kappa shape index (κ3) is 5.73. The average Bonchev–Trinajstić information content (AvgIpc) is 2.83. The first-order chi connectivity index (χ1) is 15.7. The molecule has 0 radical (unpaired) electrons. The van der Waals surface area contributed by atoms with Gasteiger partial charge in [0.25, 0.3) is 0 Å². The number of carbonyl (C=O) groups is 1. The topological polar surface area (TPSA) is 68.7 Å². The lowest BCUT2D eigenvalue weighted by molar-refractivity contribution is -0.136. The van der Waals surface area contributed by atoms with Crippen molar-refractivity contribution < 1.29 is 19.4 Å². The second-order valence-electron chi connectivity index (χ2n) is 7.33. The van der Waals surface area contributed by atoms with E-state index in [1.165, 1.54) is 0 Å². The summed E-state index contributed by atoms with van der Waals surface area (Å²) in [6.45, 7) is 0.852. The predicted molar refractivity (Wildman–Crippen MR) is 123 cm³/mol. The van der Waals surface area contributed by atoms with Gasteiger partial charge in [0.05, 0.1) is 6.42 Å². The Morgan fingerprint density at radius 1 is 0.750 bits per heavy atom. The molecule has 0 fully saturated rings. The Morgan fingerprint density at radius 3 is 2.00 bits per heavy atom. The Kier molecular flexibility index (Phi) is 6.78. The van der Waals surface area contributed by atoms with Crippen LogP contribution in [0.5, 0.6) is 11.6 Å². The standard InChI is InChI=1S/C27H23NO4/c29-27(30)16-22-11-13-25(31-18-20-7-3-1-4-8-20)24(15-22)23-12-14-26(28-17-23)32-19-21-9-5-2-6-10-21/h1-15,17H,16,18-19H2,(H,29,30). The second kappa shape index (κ2) is 10.3. The average molecular weight is 425 g/mol. The van der Waals surface area contributed by atoms with E-state index in [1.807, 2.05) is 84.9 Å². The number of hydrogen-bond donors (Lipinski definition) is 1. The van der Waals surface area contributed by atoms with Gasteiger partial charge in [-0.1, -0.05) is 66.7 Å². The predicted octanol–water partition coefficient (Wildman–Crippen LogP) is 5.53. The molecule has 5 nitrogen and oxygen atoms in total. The number of carboxylic acids is 1. The summed E-state index contributed by atoms with van der Waals surface area (Å²) in [5.74, 6) is 0.311. The molecule has 160 valence electrons. The van der Waals surface area contributed by atoms with Gasteiger partial charge in [0, 0.05) is 23.4 Å². The van der Waals surface area contributed by atoms with Crippen molar-refractivity contribution in [2.24, 2.45) is 0 Å². The van der Waals surface area contributed by atoms with E-state index in [0.29, 0.717) is 30.4 Å². The molecule has 0 bridgehead atoms. The fourth-order valence-electron chi connectivity index (χ4n) is 3.31. The summed E-state index contributed by atoms with van der Waals surface area (Å²) in [5.41, 5.74) is 4.44. The van der Waals surface area contributed by atoms with E-state index in [9.17, 15) is 9.90 Å². The number of nitrogens with zero attached hydrogens (tertiary/aromatic N) is 1. The van der Waals surface area contributed by atoms with Crippen molar-refractivity contribution in [2.75, 3.05) is 0 Å². The molecule has 1 heterocycles. The molecular formula is C27H23NO4. The monoisotopic (exact) mass is 425 g/mol. The SMILES string of the molecule is O=C(O)Cc1ccc(OCc2ccccc2)c(-c2ccc(OCc3ccccc3)nc2)c1. The number of aliphatic carboxylic acids is 1. The van der Waals surface area contributed by atoms with Gasteiger partial charge in [-0.2, -0.15) is 0 Å². The quantitative estimate of drug-likeness (QED) is 0.382. The first-order valence-electron chi connectivity index (χ1n) is 10.3. The zero-order valence-electron chi connectivity index (χ0n) is 17.5. The first kappa shape index (κ1) is 21.1. The van der Waals surface area contributed by atoms with Crippen molar-refractivity contribution in [3.8, 4) is 22.8 Å². The number of pyridine rings is 1. The van der Waals surface area contributed by atoms with E-state index in [2.05, 4.69) is 4.98 Å². The minimum atomic E-state index is -0.878. The van der Waals surface area contributed by atoms with Crippen LogP contribution in [0.2, 0.25) is 0 Å². The second-order valence-corrected chi connectivity index (χ2v) is 7.33. The molecule has 0 aliphatic heterocycles. The van der Waals surface area contributed by atoms with Crippen molar-refractivity contribution in [1.82, 2.24) is 4.98 Å². The van der Waals surface area contributed by atoms with Gasteiger partial charge in [0.15, 0.2) is 0 Å². The Bertz CT molecular complexity index is 1160. The van der Waals surface area contributed by atoms with Crippen LogP contribution in [0.3, 0.4) is 0 Å². The molecule has 32 heavy (non-hydrogen) atoms. The van der Waals surface area contributed by atoms with Crippen molar-refractivity contribution in [3.05, 3.63) is 114 Å². The van der Waals surface area contributed by atoms with E-state index >= 15 is 0 Å². The van der Waals surface area contributed by atoms with E-state index in [0.717, 1.165) is 22.3 Å². The molecule has 0 atom stereocenters. The molecule has 4 rings (SSSR count). The molecule has 1 N–H and O–H groups in total. The van der Waals surface area contributed by atoms with Gasteiger partial charge >= 0.3 is 5.97 Å². The minimum absolute atomic E-state index is 0.0579. The van der Waals surface area contributed by atoms with Crippen LogP contribution >= 0.6 is 0 Å². The molecule has 0 saturated carbocycles. The molecule has 0 aliphatic carbocycles. The molecule has 0 aliphatic rings. The smallest absolute Gasteiger partial charge is 0.307 e. The van der Waals surface area contributed by atoms with Gasteiger partial charge in [-0.15, -0.1) is 0 Å². The number of carboxylic acid groups (broad SMARTS) is 1. The van der Waals surface area contributed by atoms with Gasteiger partial charge in [-0.05, 0) is 34.9 Å². The summed E-state index contributed by atoms with van der Waals surface area (Å²) >= 11 is 0.